The number of aromatic nitrogens is 1. The second-order valence-corrected chi connectivity index (χ2v) is 15.5. The maximum absolute atomic E-state index is 13.3. The van der Waals surface area contributed by atoms with Crippen molar-refractivity contribution in [2.24, 2.45) is 0 Å². The molecule has 51 heavy (non-hydrogen) atoms. The summed E-state index contributed by atoms with van der Waals surface area (Å²) >= 11 is 3.70. The van der Waals surface area contributed by atoms with Gasteiger partial charge in [0.1, 0.15) is 22.2 Å². The fourth-order valence-corrected chi connectivity index (χ4v) is 9.00. The second kappa shape index (κ2) is 18.9. The minimum absolute atomic E-state index is 0.0241. The zero-order chi connectivity index (χ0) is 36.2. The van der Waals surface area contributed by atoms with Gasteiger partial charge in [-0.25, -0.2) is 4.79 Å². The van der Waals surface area contributed by atoms with Gasteiger partial charge in [0.25, 0.3) is 0 Å². The smallest absolute Gasteiger partial charge is 0.337 e. The number of pyridine rings is 1. The summed E-state index contributed by atoms with van der Waals surface area (Å²) in [7, 11) is 3.48. The van der Waals surface area contributed by atoms with E-state index in [1.165, 1.54) is 23.9 Å². The summed E-state index contributed by atoms with van der Waals surface area (Å²) in [5.74, 6) is 1.54. The first-order valence-corrected chi connectivity index (χ1v) is 19.6. The molecule has 268 valence electrons. The molecule has 4 aromatic rings. The first-order chi connectivity index (χ1) is 24.8. The molecule has 3 heterocycles. The van der Waals surface area contributed by atoms with Crippen LogP contribution in [0.4, 0.5) is 0 Å². The standard InChI is InChI=1S/C31H35NO4S.C11H14N2S/c1-3-4-13-28-29(33)32(22-9-8-10-23-14-16-25(17-15-23)31(34)35-2)30(37-28)24-18-20-27(21-19-24)36-26-11-6-5-7-12-26;1-8-9(2)14-11(13(8)3)10-5-4-6-12-7-10/h5-7,11-12,14-21,28,30H,3-4,8-10,13,22H2,1-2H3;4-7,9,11H,1H2,2-3H3. The van der Waals surface area contributed by atoms with Crippen LogP contribution in [0.15, 0.2) is 116 Å². The van der Waals surface area contributed by atoms with E-state index in [1.807, 2.05) is 78.6 Å². The van der Waals surface area contributed by atoms with E-state index < -0.39 is 0 Å². The molecule has 0 spiro atoms. The van der Waals surface area contributed by atoms with Crippen molar-refractivity contribution < 1.29 is 19.1 Å². The highest BCUT2D eigenvalue weighted by molar-refractivity contribution is 8.01. The summed E-state index contributed by atoms with van der Waals surface area (Å²) < 4.78 is 10.7. The quantitative estimate of drug-likeness (QED) is 0.0998. The van der Waals surface area contributed by atoms with E-state index in [9.17, 15) is 9.59 Å². The Kier molecular flexibility index (Phi) is 14.1. The molecular weight excluding hydrogens is 675 g/mol. The van der Waals surface area contributed by atoms with Crippen LogP contribution < -0.4 is 4.74 Å². The van der Waals surface area contributed by atoms with Crippen LogP contribution in [-0.2, 0) is 16.0 Å². The van der Waals surface area contributed by atoms with Crippen molar-refractivity contribution in [3.8, 4) is 11.5 Å². The first-order valence-electron chi connectivity index (χ1n) is 17.7. The zero-order valence-electron chi connectivity index (χ0n) is 30.1. The molecule has 4 unspecified atom stereocenters. The molecule has 2 fully saturated rings. The van der Waals surface area contributed by atoms with Gasteiger partial charge in [0.05, 0.1) is 17.9 Å². The average Bonchev–Trinajstić information content (AvgIpc) is 3.62. The van der Waals surface area contributed by atoms with Crippen molar-refractivity contribution >= 4 is 35.4 Å². The van der Waals surface area contributed by atoms with Gasteiger partial charge in [-0.1, -0.05) is 74.9 Å². The summed E-state index contributed by atoms with van der Waals surface area (Å²) in [6.07, 6.45) is 9.63. The van der Waals surface area contributed by atoms with Crippen LogP contribution >= 0.6 is 23.5 Å². The number of methoxy groups -OCH3 is 1. The van der Waals surface area contributed by atoms with Crippen LogP contribution in [0.5, 0.6) is 11.5 Å². The second-order valence-electron chi connectivity index (χ2n) is 12.8. The Morgan fingerprint density at radius 1 is 0.863 bits per heavy atom. The van der Waals surface area contributed by atoms with Gasteiger partial charge in [-0.3, -0.25) is 9.78 Å². The third-order valence-corrected chi connectivity index (χ3v) is 12.2. The van der Waals surface area contributed by atoms with E-state index in [-0.39, 0.29) is 22.5 Å². The summed E-state index contributed by atoms with van der Waals surface area (Å²) in [5.41, 5.74) is 5.33. The molecule has 1 aromatic heterocycles. The van der Waals surface area contributed by atoms with Crippen LogP contribution in [-0.4, -0.2) is 57.9 Å². The van der Waals surface area contributed by atoms with Crippen molar-refractivity contribution in [3.63, 3.8) is 0 Å². The first kappa shape index (κ1) is 38.0. The molecule has 7 nitrogen and oxygen atoms in total. The lowest BCUT2D eigenvalue weighted by Gasteiger charge is -2.24. The van der Waals surface area contributed by atoms with Crippen LogP contribution in [0.1, 0.15) is 83.7 Å². The van der Waals surface area contributed by atoms with E-state index in [0.717, 1.165) is 62.1 Å². The minimum Gasteiger partial charge on any atom is -0.465 e. The number of esters is 1. The van der Waals surface area contributed by atoms with Crippen molar-refractivity contribution in [3.05, 3.63) is 138 Å². The number of thioether (sulfide) groups is 2. The predicted octanol–water partition coefficient (Wildman–Crippen LogP) is 10.1. The number of amides is 1. The molecule has 0 saturated carbocycles. The number of nitrogens with zero attached hydrogens (tertiary/aromatic N) is 3. The molecule has 0 aliphatic carbocycles. The average molecular weight is 724 g/mol. The number of hydrogen-bond acceptors (Lipinski definition) is 8. The van der Waals surface area contributed by atoms with Gasteiger partial charge in [-0.2, -0.15) is 0 Å². The van der Waals surface area contributed by atoms with E-state index in [1.54, 1.807) is 30.1 Å². The molecule has 2 saturated heterocycles. The van der Waals surface area contributed by atoms with Gasteiger partial charge in [-0.05, 0) is 86.2 Å². The fraction of sp³-hybridized carbons (Fsp3) is 0.357. The Balaban J connectivity index is 0.000000299. The lowest BCUT2D eigenvalue weighted by molar-refractivity contribution is -0.130. The van der Waals surface area contributed by atoms with Crippen molar-refractivity contribution in [1.29, 1.82) is 0 Å². The van der Waals surface area contributed by atoms with Gasteiger partial charge in [0, 0.05) is 42.5 Å². The molecule has 0 radical (unpaired) electrons. The van der Waals surface area contributed by atoms with Crippen molar-refractivity contribution in [2.45, 2.75) is 73.6 Å². The fourth-order valence-electron chi connectivity index (χ4n) is 6.14. The minimum atomic E-state index is -0.320. The van der Waals surface area contributed by atoms with Gasteiger partial charge in [0.2, 0.25) is 5.91 Å². The molecule has 3 aromatic carbocycles. The molecule has 9 heteroatoms. The molecule has 2 aliphatic heterocycles. The molecular formula is C42H49N3O4S2. The number of benzene rings is 3. The van der Waals surface area contributed by atoms with E-state index >= 15 is 0 Å². The highest BCUT2D eigenvalue weighted by atomic mass is 32.2. The maximum atomic E-state index is 13.3. The Labute approximate surface area is 311 Å². The highest BCUT2D eigenvalue weighted by Gasteiger charge is 2.40. The Morgan fingerprint density at radius 2 is 1.59 bits per heavy atom. The molecule has 6 rings (SSSR count). The number of rotatable bonds is 13. The zero-order valence-corrected chi connectivity index (χ0v) is 31.7. The molecule has 4 atom stereocenters. The summed E-state index contributed by atoms with van der Waals surface area (Å²) in [5, 5.41) is 0.937. The third-order valence-electron chi connectivity index (χ3n) is 9.16. The van der Waals surface area contributed by atoms with Crippen LogP contribution in [0, 0.1) is 0 Å². The van der Waals surface area contributed by atoms with E-state index in [0.29, 0.717) is 16.2 Å². The van der Waals surface area contributed by atoms with Crippen molar-refractivity contribution in [1.82, 2.24) is 14.8 Å². The summed E-state index contributed by atoms with van der Waals surface area (Å²) in [4.78, 5) is 33.4. The number of carbonyl (C=O) groups excluding carboxylic acids is 2. The largest absolute Gasteiger partial charge is 0.465 e. The Morgan fingerprint density at radius 3 is 2.22 bits per heavy atom. The number of unbranched alkanes of at least 4 members (excludes halogenated alkanes) is 2. The predicted molar refractivity (Wildman–Crippen MR) is 210 cm³/mol. The molecule has 0 N–H and O–H groups in total. The normalized spacial score (nSPS) is 19.8. The third kappa shape index (κ3) is 10.2. The van der Waals surface area contributed by atoms with E-state index in [4.69, 9.17) is 9.47 Å². The van der Waals surface area contributed by atoms with Crippen LogP contribution in [0.3, 0.4) is 0 Å². The van der Waals surface area contributed by atoms with E-state index in [2.05, 4.69) is 60.5 Å². The number of para-hydroxylation sites is 1. The van der Waals surface area contributed by atoms with Crippen LogP contribution in [0.25, 0.3) is 0 Å². The van der Waals surface area contributed by atoms with Gasteiger partial charge >= 0.3 is 5.97 Å². The Hall–Kier alpha value is -4.21. The summed E-state index contributed by atoms with van der Waals surface area (Å²) in [6, 6.07) is 29.6. The lowest BCUT2D eigenvalue weighted by atomic mass is 10.1. The van der Waals surface area contributed by atoms with Gasteiger partial charge in [-0.15, -0.1) is 23.5 Å². The lowest BCUT2D eigenvalue weighted by Crippen LogP contribution is -2.32. The van der Waals surface area contributed by atoms with Gasteiger partial charge < -0.3 is 19.3 Å². The molecule has 0 bridgehead atoms. The Bertz CT molecular complexity index is 1700. The SMILES string of the molecule is C=C1C(C)SC(c2cccnc2)N1C.CCCCC1SC(c2ccc(Oc3ccccc3)cc2)N(CCCCc2ccc(C(=O)OC)cc2)C1=O. The highest BCUT2D eigenvalue weighted by Crippen LogP contribution is 2.46. The number of hydrogen-bond donors (Lipinski definition) is 0. The molecule has 2 aliphatic rings. The topological polar surface area (TPSA) is 72.0 Å². The number of ether oxygens (including phenoxy) is 2. The molecule has 1 amide bonds. The van der Waals surface area contributed by atoms with Gasteiger partial charge in [0.15, 0.2) is 0 Å². The number of aryl methyl sites for hydroxylation is 1. The summed E-state index contributed by atoms with van der Waals surface area (Å²) in [6.45, 7) is 9.18. The van der Waals surface area contributed by atoms with Crippen molar-refractivity contribution in [2.75, 3.05) is 20.7 Å². The monoisotopic (exact) mass is 723 g/mol. The number of carbonyl (C=O) groups is 2. The maximum Gasteiger partial charge on any atom is 0.337 e. The van der Waals surface area contributed by atoms with Crippen LogP contribution in [0.2, 0.25) is 0 Å².